The summed E-state index contributed by atoms with van der Waals surface area (Å²) in [5.74, 6) is 0. The molecule has 4 nitrogen and oxygen atoms in total. The van der Waals surface area contributed by atoms with E-state index in [1.165, 1.54) is 12.8 Å². The van der Waals surface area contributed by atoms with Crippen molar-refractivity contribution >= 4 is 18.5 Å². The Kier molecular flexibility index (Phi) is 4.31. The summed E-state index contributed by atoms with van der Waals surface area (Å²) < 4.78 is 5.26. The summed E-state index contributed by atoms with van der Waals surface area (Å²) in [7, 11) is 0. The highest BCUT2D eigenvalue weighted by molar-refractivity contribution is 5.85. The number of alkyl carbamates (subject to hydrolysis) is 1. The largest absolute Gasteiger partial charge is 0.444 e. The summed E-state index contributed by atoms with van der Waals surface area (Å²) >= 11 is 0. The van der Waals surface area contributed by atoms with Crippen molar-refractivity contribution in [2.24, 2.45) is 5.41 Å². The van der Waals surface area contributed by atoms with Gasteiger partial charge in [0.1, 0.15) is 5.60 Å². The predicted octanol–water partition coefficient (Wildman–Crippen LogP) is 2.08. The third-order valence-corrected chi connectivity index (χ3v) is 3.48. The average Bonchev–Trinajstić information content (AvgIpc) is 2.75. The van der Waals surface area contributed by atoms with Gasteiger partial charge in [0.05, 0.1) is 0 Å². The number of halogens is 1. The number of rotatable bonds is 1. The van der Waals surface area contributed by atoms with Crippen LogP contribution in [0.3, 0.4) is 0 Å². The van der Waals surface area contributed by atoms with Crippen LogP contribution in [-0.4, -0.2) is 30.8 Å². The minimum atomic E-state index is -0.403. The topological polar surface area (TPSA) is 50.4 Å². The third kappa shape index (κ3) is 3.75. The molecule has 2 N–H and O–H groups in total. The second kappa shape index (κ2) is 5.02. The van der Waals surface area contributed by atoms with Crippen LogP contribution in [-0.2, 0) is 4.74 Å². The number of ether oxygens (including phenoxy) is 1. The molecule has 1 saturated heterocycles. The van der Waals surface area contributed by atoms with E-state index in [0.717, 1.165) is 19.5 Å². The van der Waals surface area contributed by atoms with Crippen molar-refractivity contribution in [1.29, 1.82) is 0 Å². The van der Waals surface area contributed by atoms with E-state index in [1.54, 1.807) is 0 Å². The van der Waals surface area contributed by atoms with Crippen molar-refractivity contribution in [2.45, 2.75) is 51.7 Å². The Morgan fingerprint density at radius 3 is 2.47 bits per heavy atom. The zero-order valence-corrected chi connectivity index (χ0v) is 11.7. The zero-order chi connectivity index (χ0) is 11.8. The molecule has 100 valence electrons. The molecule has 5 heteroatoms. The standard InChI is InChI=1S/C12H22N2O2.ClH/c1-11(2,3)16-10(15)14-9-8-12(9)4-6-13-7-5-12;/h9,13H,4-8H2,1-3H3,(H,14,15);1H/t9-;/m0./s1. The monoisotopic (exact) mass is 262 g/mol. The maximum Gasteiger partial charge on any atom is 0.407 e. The van der Waals surface area contributed by atoms with Crippen LogP contribution in [0.2, 0.25) is 0 Å². The normalized spacial score (nSPS) is 25.9. The molecule has 2 rings (SSSR count). The van der Waals surface area contributed by atoms with Gasteiger partial charge in [0.25, 0.3) is 0 Å². The molecule has 1 aliphatic heterocycles. The van der Waals surface area contributed by atoms with E-state index in [0.29, 0.717) is 11.5 Å². The highest BCUT2D eigenvalue weighted by Crippen LogP contribution is 2.52. The van der Waals surface area contributed by atoms with Crippen molar-refractivity contribution < 1.29 is 9.53 Å². The molecule has 0 radical (unpaired) electrons. The molecule has 0 aromatic heterocycles. The van der Waals surface area contributed by atoms with Gasteiger partial charge >= 0.3 is 6.09 Å². The number of carbonyl (C=O) groups excluding carboxylic acids is 1. The molecule has 0 bridgehead atoms. The predicted molar refractivity (Wildman–Crippen MR) is 69.6 cm³/mol. The Labute approximate surface area is 109 Å². The third-order valence-electron chi connectivity index (χ3n) is 3.48. The van der Waals surface area contributed by atoms with Gasteiger partial charge in [0.2, 0.25) is 0 Å². The smallest absolute Gasteiger partial charge is 0.407 e. The van der Waals surface area contributed by atoms with Crippen LogP contribution in [0.4, 0.5) is 4.79 Å². The first-order valence-electron chi connectivity index (χ1n) is 6.12. The van der Waals surface area contributed by atoms with Gasteiger partial charge in [-0.25, -0.2) is 4.79 Å². The Bertz CT molecular complexity index is 283. The van der Waals surface area contributed by atoms with Crippen molar-refractivity contribution in [3.63, 3.8) is 0 Å². The molecule has 1 atom stereocenters. The van der Waals surface area contributed by atoms with Crippen LogP contribution >= 0.6 is 12.4 Å². The van der Waals surface area contributed by atoms with Crippen molar-refractivity contribution in [2.75, 3.05) is 13.1 Å². The van der Waals surface area contributed by atoms with Crippen LogP contribution in [0.1, 0.15) is 40.0 Å². The lowest BCUT2D eigenvalue weighted by atomic mass is 9.94. The molecular weight excluding hydrogens is 240 g/mol. The lowest BCUT2D eigenvalue weighted by Crippen LogP contribution is -2.38. The van der Waals surface area contributed by atoms with E-state index in [4.69, 9.17) is 4.74 Å². The second-order valence-electron chi connectivity index (χ2n) is 6.02. The van der Waals surface area contributed by atoms with Gasteiger partial charge in [0, 0.05) is 6.04 Å². The molecule has 17 heavy (non-hydrogen) atoms. The molecule has 1 amide bonds. The summed E-state index contributed by atoms with van der Waals surface area (Å²) in [6.45, 7) is 7.82. The van der Waals surface area contributed by atoms with Crippen molar-refractivity contribution in [3.05, 3.63) is 0 Å². The van der Waals surface area contributed by atoms with Crippen LogP contribution < -0.4 is 10.6 Å². The van der Waals surface area contributed by atoms with E-state index in [1.807, 2.05) is 20.8 Å². The van der Waals surface area contributed by atoms with E-state index in [-0.39, 0.29) is 18.5 Å². The first kappa shape index (κ1) is 14.6. The number of hydrogen-bond acceptors (Lipinski definition) is 3. The van der Waals surface area contributed by atoms with Crippen LogP contribution in [0.5, 0.6) is 0 Å². The highest BCUT2D eigenvalue weighted by Gasteiger charge is 2.54. The second-order valence-corrected chi connectivity index (χ2v) is 6.02. The fourth-order valence-corrected chi connectivity index (χ4v) is 2.48. The van der Waals surface area contributed by atoms with Gasteiger partial charge in [0.15, 0.2) is 0 Å². The fourth-order valence-electron chi connectivity index (χ4n) is 2.48. The van der Waals surface area contributed by atoms with Gasteiger partial charge in [-0.05, 0) is 58.5 Å². The first-order chi connectivity index (χ1) is 7.41. The summed E-state index contributed by atoms with van der Waals surface area (Å²) in [5, 5.41) is 6.33. The summed E-state index contributed by atoms with van der Waals surface area (Å²) in [6, 6.07) is 0.337. The maximum atomic E-state index is 11.6. The molecule has 1 spiro atoms. The highest BCUT2D eigenvalue weighted by atomic mass is 35.5. The molecule has 0 unspecified atom stereocenters. The van der Waals surface area contributed by atoms with Gasteiger partial charge in [-0.15, -0.1) is 12.4 Å². The Morgan fingerprint density at radius 2 is 1.94 bits per heavy atom. The van der Waals surface area contributed by atoms with Gasteiger partial charge < -0.3 is 15.4 Å². The van der Waals surface area contributed by atoms with Crippen LogP contribution in [0.15, 0.2) is 0 Å². The van der Waals surface area contributed by atoms with Gasteiger partial charge in [-0.2, -0.15) is 0 Å². The van der Waals surface area contributed by atoms with E-state index < -0.39 is 5.60 Å². The van der Waals surface area contributed by atoms with E-state index in [9.17, 15) is 4.79 Å². The molecular formula is C12H23ClN2O2. The number of carbonyl (C=O) groups is 1. The summed E-state index contributed by atoms with van der Waals surface area (Å²) in [4.78, 5) is 11.6. The Balaban J connectivity index is 0.00000144. The molecule has 0 aromatic carbocycles. The molecule has 2 aliphatic rings. The number of nitrogens with one attached hydrogen (secondary N) is 2. The average molecular weight is 263 g/mol. The molecule has 1 heterocycles. The van der Waals surface area contributed by atoms with Gasteiger partial charge in [-0.3, -0.25) is 0 Å². The quantitative estimate of drug-likeness (QED) is 0.761. The maximum absolute atomic E-state index is 11.6. The lowest BCUT2D eigenvalue weighted by Gasteiger charge is -2.24. The molecule has 0 aromatic rings. The van der Waals surface area contributed by atoms with Crippen LogP contribution in [0.25, 0.3) is 0 Å². The Morgan fingerprint density at radius 1 is 1.35 bits per heavy atom. The molecule has 1 saturated carbocycles. The zero-order valence-electron chi connectivity index (χ0n) is 10.8. The minimum absolute atomic E-state index is 0. The van der Waals surface area contributed by atoms with E-state index >= 15 is 0 Å². The SMILES string of the molecule is CC(C)(C)OC(=O)N[C@H]1CC12CCNCC2.Cl. The van der Waals surface area contributed by atoms with Crippen molar-refractivity contribution in [1.82, 2.24) is 10.6 Å². The number of piperidine rings is 1. The fraction of sp³-hybridized carbons (Fsp3) is 0.917. The molecule has 2 fully saturated rings. The summed E-state index contributed by atoms with van der Waals surface area (Å²) in [5.41, 5.74) is -0.0254. The minimum Gasteiger partial charge on any atom is -0.444 e. The first-order valence-corrected chi connectivity index (χ1v) is 6.12. The molecule has 1 aliphatic carbocycles. The van der Waals surface area contributed by atoms with E-state index in [2.05, 4.69) is 10.6 Å². The number of amides is 1. The van der Waals surface area contributed by atoms with Gasteiger partial charge in [-0.1, -0.05) is 0 Å². The van der Waals surface area contributed by atoms with Crippen LogP contribution in [0, 0.1) is 5.41 Å². The Hall–Kier alpha value is -0.480. The van der Waals surface area contributed by atoms with Crippen molar-refractivity contribution in [3.8, 4) is 0 Å². The lowest BCUT2D eigenvalue weighted by molar-refractivity contribution is 0.0513. The summed E-state index contributed by atoms with van der Waals surface area (Å²) in [6.07, 6.45) is 3.20. The number of hydrogen-bond donors (Lipinski definition) is 2.